The number of hydrogen-bond acceptors (Lipinski definition) is 8. The van der Waals surface area contributed by atoms with Crippen LogP contribution in [0.2, 0.25) is 0 Å². The summed E-state index contributed by atoms with van der Waals surface area (Å²) in [5, 5.41) is 7.55. The van der Waals surface area contributed by atoms with Gasteiger partial charge in [0.05, 0.1) is 50.6 Å². The van der Waals surface area contributed by atoms with E-state index in [-0.39, 0.29) is 36.2 Å². The van der Waals surface area contributed by atoms with Crippen LogP contribution in [0.3, 0.4) is 0 Å². The monoisotopic (exact) mass is 790 g/mol. The van der Waals surface area contributed by atoms with Gasteiger partial charge in [-0.15, -0.1) is 0 Å². The lowest BCUT2D eigenvalue weighted by molar-refractivity contribution is -0.136. The van der Waals surface area contributed by atoms with Gasteiger partial charge in [-0.3, -0.25) is 9.59 Å². The fourth-order valence-corrected chi connectivity index (χ4v) is 7.48. The Balaban J connectivity index is 1.12. The minimum atomic E-state index is -0.710. The number of carbonyl (C=O) groups excluding carboxylic acids is 4. The second-order valence-electron chi connectivity index (χ2n) is 15.4. The van der Waals surface area contributed by atoms with Gasteiger partial charge in [0, 0.05) is 18.7 Å². The minimum absolute atomic E-state index is 0.105. The molecule has 14 nitrogen and oxygen atoms in total. The topological polar surface area (TPSA) is 175 Å². The maximum atomic E-state index is 13.6. The van der Waals surface area contributed by atoms with Crippen LogP contribution in [0.15, 0.2) is 73.1 Å². The lowest BCUT2D eigenvalue weighted by Crippen LogP contribution is -2.51. The number of ether oxygens (including phenoxy) is 2. The summed E-state index contributed by atoms with van der Waals surface area (Å²) in [5.41, 5.74) is 5.83. The number of aromatic nitrogens is 4. The Kier molecular flexibility index (Phi) is 13.1. The first-order valence-electron chi connectivity index (χ1n) is 19.9. The molecular formula is C44H54N8O6. The molecule has 4 amide bonds. The minimum Gasteiger partial charge on any atom is -0.453 e. The van der Waals surface area contributed by atoms with E-state index in [9.17, 15) is 19.2 Å². The first-order chi connectivity index (χ1) is 27.9. The van der Waals surface area contributed by atoms with Crippen molar-refractivity contribution in [2.45, 2.75) is 78.6 Å². The third kappa shape index (κ3) is 9.33. The van der Waals surface area contributed by atoms with Gasteiger partial charge < -0.3 is 39.9 Å². The number of fused-ring (bicyclic) bond motifs is 1. The van der Waals surface area contributed by atoms with Crippen LogP contribution in [0, 0.1) is 11.8 Å². The summed E-state index contributed by atoms with van der Waals surface area (Å²) in [6.07, 6.45) is 4.72. The van der Waals surface area contributed by atoms with Crippen molar-refractivity contribution in [1.29, 1.82) is 0 Å². The van der Waals surface area contributed by atoms with Crippen molar-refractivity contribution in [2.24, 2.45) is 11.8 Å². The smallest absolute Gasteiger partial charge is 0.407 e. The summed E-state index contributed by atoms with van der Waals surface area (Å²) < 4.78 is 9.51. The van der Waals surface area contributed by atoms with Gasteiger partial charge in [-0.05, 0) is 70.7 Å². The van der Waals surface area contributed by atoms with Crippen molar-refractivity contribution in [3.05, 3.63) is 84.7 Å². The number of nitrogens with one attached hydrogen (secondary N) is 4. The Bertz CT molecular complexity index is 2230. The SMILES string of the molecule is CCCN(Cc1ncc(-c2ccc3cc(-c4ccc(-c5cnc(C6CCCN6C(=O)C(NC(=O)OC)C(C)C)[nH]5)cc4)ccc3c2)[nH]1)C(=O)C(NC(=O)OC)C(C)C. The zero-order valence-electron chi connectivity index (χ0n) is 34.3. The van der Waals surface area contributed by atoms with Gasteiger partial charge in [0.1, 0.15) is 23.7 Å². The second kappa shape index (κ2) is 18.4. The Morgan fingerprint density at radius 3 is 1.98 bits per heavy atom. The first-order valence-corrected chi connectivity index (χ1v) is 19.9. The third-order valence-corrected chi connectivity index (χ3v) is 10.7. The van der Waals surface area contributed by atoms with Crippen LogP contribution in [0.4, 0.5) is 9.59 Å². The van der Waals surface area contributed by atoms with E-state index in [1.54, 1.807) is 11.1 Å². The average molecular weight is 791 g/mol. The van der Waals surface area contributed by atoms with Crippen LogP contribution in [0.25, 0.3) is 44.4 Å². The Hall–Kier alpha value is -6.18. The fraction of sp³-hybridized carbons (Fsp3) is 0.409. The molecular weight excluding hydrogens is 737 g/mol. The number of likely N-dealkylation sites (tertiary alicyclic amines) is 1. The number of H-pyrrole nitrogens is 2. The highest BCUT2D eigenvalue weighted by Crippen LogP contribution is 2.34. The first kappa shape index (κ1) is 41.5. The quantitative estimate of drug-likeness (QED) is 0.0898. The number of nitrogens with zero attached hydrogens (tertiary/aromatic N) is 4. The molecule has 2 aromatic heterocycles. The van der Waals surface area contributed by atoms with Crippen molar-refractivity contribution in [1.82, 2.24) is 40.4 Å². The maximum absolute atomic E-state index is 13.6. The Morgan fingerprint density at radius 1 is 0.776 bits per heavy atom. The highest BCUT2D eigenvalue weighted by atomic mass is 16.5. The van der Waals surface area contributed by atoms with Crippen LogP contribution < -0.4 is 10.6 Å². The third-order valence-electron chi connectivity index (χ3n) is 10.7. The molecule has 306 valence electrons. The number of aromatic amines is 2. The van der Waals surface area contributed by atoms with Crippen molar-refractivity contribution < 1.29 is 28.7 Å². The molecule has 4 N–H and O–H groups in total. The largest absolute Gasteiger partial charge is 0.453 e. The zero-order valence-corrected chi connectivity index (χ0v) is 34.3. The molecule has 1 saturated heterocycles. The number of rotatable bonds is 14. The molecule has 14 heteroatoms. The van der Waals surface area contributed by atoms with E-state index in [0.717, 1.165) is 69.5 Å². The van der Waals surface area contributed by atoms with Gasteiger partial charge in [-0.25, -0.2) is 19.6 Å². The fourth-order valence-electron chi connectivity index (χ4n) is 7.48. The highest BCUT2D eigenvalue weighted by molar-refractivity contribution is 5.91. The summed E-state index contributed by atoms with van der Waals surface area (Å²) >= 11 is 0. The van der Waals surface area contributed by atoms with E-state index in [0.29, 0.717) is 18.9 Å². The van der Waals surface area contributed by atoms with Crippen LogP contribution >= 0.6 is 0 Å². The van der Waals surface area contributed by atoms with E-state index in [1.807, 2.05) is 45.7 Å². The second-order valence-corrected chi connectivity index (χ2v) is 15.4. The van der Waals surface area contributed by atoms with E-state index < -0.39 is 24.3 Å². The molecule has 3 aromatic carbocycles. The number of amides is 4. The van der Waals surface area contributed by atoms with Gasteiger partial charge >= 0.3 is 12.2 Å². The molecule has 0 spiro atoms. The van der Waals surface area contributed by atoms with Crippen LogP contribution in [-0.4, -0.2) is 93.1 Å². The van der Waals surface area contributed by atoms with Crippen molar-refractivity contribution in [3.63, 3.8) is 0 Å². The van der Waals surface area contributed by atoms with Crippen molar-refractivity contribution in [2.75, 3.05) is 27.3 Å². The predicted molar refractivity (Wildman–Crippen MR) is 222 cm³/mol. The van der Waals surface area contributed by atoms with Crippen LogP contribution in [0.5, 0.6) is 0 Å². The molecule has 0 saturated carbocycles. The molecule has 1 aliphatic heterocycles. The van der Waals surface area contributed by atoms with Crippen molar-refractivity contribution >= 4 is 34.8 Å². The number of hydrogen-bond donors (Lipinski definition) is 4. The molecule has 1 aliphatic rings. The number of carbonyl (C=O) groups is 4. The van der Waals surface area contributed by atoms with Gasteiger partial charge in [-0.1, -0.05) is 83.1 Å². The number of imidazole rings is 2. The molecule has 58 heavy (non-hydrogen) atoms. The molecule has 3 heterocycles. The summed E-state index contributed by atoms with van der Waals surface area (Å²) in [6, 6.07) is 19.4. The molecule has 0 radical (unpaired) electrons. The predicted octanol–water partition coefficient (Wildman–Crippen LogP) is 7.45. The normalized spacial score (nSPS) is 15.1. The van der Waals surface area contributed by atoms with E-state index in [4.69, 9.17) is 9.47 Å². The van der Waals surface area contributed by atoms with E-state index in [2.05, 4.69) is 91.2 Å². The molecule has 0 aliphatic carbocycles. The van der Waals surface area contributed by atoms with Gasteiger partial charge in [0.25, 0.3) is 0 Å². The highest BCUT2D eigenvalue weighted by Gasteiger charge is 2.37. The summed E-state index contributed by atoms with van der Waals surface area (Å²) in [4.78, 5) is 70.6. The number of alkyl carbamates (subject to hydrolysis) is 2. The molecule has 5 aromatic rings. The van der Waals surface area contributed by atoms with Crippen LogP contribution in [0.1, 0.15) is 71.6 Å². The molecule has 3 unspecified atom stereocenters. The summed E-state index contributed by atoms with van der Waals surface area (Å²) in [5.74, 6) is 0.837. The number of methoxy groups -OCH3 is 2. The summed E-state index contributed by atoms with van der Waals surface area (Å²) in [7, 11) is 2.57. The maximum Gasteiger partial charge on any atom is 0.407 e. The standard InChI is InChI=1S/C44H54N8O6/c1-8-19-51(41(53)38(26(2)3)49-43(55)57-6)25-37-45-23-35(47-37)33-18-17-31-21-30(15-16-32(31)22-33)28-11-13-29(14-12-28)34-24-46-40(48-34)36-10-9-20-52(36)42(54)39(27(4)5)50-44(56)58-7/h11-18,21-24,26-27,36,38-39H,8-10,19-20,25H2,1-7H3,(H,45,47)(H,46,48)(H,49,55)(H,50,56). The molecule has 3 atom stereocenters. The average Bonchev–Trinajstić information content (AvgIpc) is 4.02. The van der Waals surface area contributed by atoms with Gasteiger partial charge in [-0.2, -0.15) is 0 Å². The number of benzene rings is 3. The Labute approximate surface area is 339 Å². The zero-order chi connectivity index (χ0) is 41.5. The van der Waals surface area contributed by atoms with Crippen LogP contribution in [-0.2, 0) is 25.6 Å². The van der Waals surface area contributed by atoms with Crippen molar-refractivity contribution in [3.8, 4) is 33.6 Å². The van der Waals surface area contributed by atoms with E-state index >= 15 is 0 Å². The Morgan fingerprint density at radius 2 is 1.34 bits per heavy atom. The lowest BCUT2D eigenvalue weighted by Gasteiger charge is -2.30. The summed E-state index contributed by atoms with van der Waals surface area (Å²) in [6.45, 7) is 11.0. The van der Waals surface area contributed by atoms with Gasteiger partial charge in [0.15, 0.2) is 0 Å². The lowest BCUT2D eigenvalue weighted by atomic mass is 9.98. The molecule has 0 bridgehead atoms. The molecule has 1 fully saturated rings. The van der Waals surface area contributed by atoms with E-state index in [1.165, 1.54) is 14.2 Å². The van der Waals surface area contributed by atoms with Gasteiger partial charge in [0.2, 0.25) is 11.8 Å². The molecule has 6 rings (SSSR count).